The first-order valence-corrected chi connectivity index (χ1v) is 14.9. The lowest BCUT2D eigenvalue weighted by Gasteiger charge is -2.16. The van der Waals surface area contributed by atoms with Crippen molar-refractivity contribution in [2.24, 2.45) is 0 Å². The van der Waals surface area contributed by atoms with E-state index in [1.54, 1.807) is 74.3 Å². The number of thiol groups is 1. The average Bonchev–Trinajstić information content (AvgIpc) is 3.77. The molecule has 5 heterocycles. The fourth-order valence-electron chi connectivity index (χ4n) is 3.21. The van der Waals surface area contributed by atoms with Crippen LogP contribution >= 0.6 is 68.9 Å². The Morgan fingerprint density at radius 2 is 1.30 bits per heavy atom. The van der Waals surface area contributed by atoms with Gasteiger partial charge in [0.2, 0.25) is 0 Å². The molecule has 5 rings (SSSR count). The van der Waals surface area contributed by atoms with E-state index in [1.807, 2.05) is 20.8 Å². The molecule has 0 unspecified atom stereocenters. The SMILES string of the molecule is Cc1cc(=N)n(NC(=S)n2ccnc2)c(C)c1Br.Cc1cc(=N)n(NC(=S)n2ccnc2)cc1Br.O=C(S)n1ccnc1. The van der Waals surface area contributed by atoms with E-state index < -0.39 is 0 Å². The number of carbonyl (C=O) groups is 1. The van der Waals surface area contributed by atoms with Gasteiger partial charge in [-0.15, -0.1) is 0 Å². The molecule has 43 heavy (non-hydrogen) atoms. The maximum absolute atomic E-state index is 10.3. The molecule has 0 aliphatic rings. The lowest BCUT2D eigenvalue weighted by atomic mass is 10.2. The van der Waals surface area contributed by atoms with E-state index in [2.05, 4.69) is 70.3 Å². The average molecular weight is 767 g/mol. The highest BCUT2D eigenvalue weighted by atomic mass is 79.9. The Hall–Kier alpha value is -3.71. The van der Waals surface area contributed by atoms with E-state index in [1.165, 1.54) is 23.3 Å². The number of hydrogen-bond donors (Lipinski definition) is 5. The summed E-state index contributed by atoms with van der Waals surface area (Å²) in [5.41, 5.74) is 9.52. The number of aromatic nitrogens is 8. The quantitative estimate of drug-likeness (QED) is 0.132. The number of halogens is 2. The number of hydrogen-bond acceptors (Lipinski definition) is 8. The number of imidazole rings is 3. The third-order valence-corrected chi connectivity index (χ3v) is 8.32. The van der Waals surface area contributed by atoms with Gasteiger partial charge in [-0.25, -0.2) is 24.3 Å². The molecule has 4 N–H and O–H groups in total. The second-order valence-electron chi connectivity index (χ2n) is 8.53. The highest BCUT2D eigenvalue weighted by Gasteiger charge is 2.08. The Labute approximate surface area is 279 Å². The van der Waals surface area contributed by atoms with Gasteiger partial charge in [0.15, 0.2) is 10.2 Å². The molecule has 5 aromatic rings. The summed E-state index contributed by atoms with van der Waals surface area (Å²) in [4.78, 5) is 21.8. The van der Waals surface area contributed by atoms with E-state index in [4.69, 9.17) is 35.3 Å². The maximum atomic E-state index is 10.3. The van der Waals surface area contributed by atoms with Crippen molar-refractivity contribution in [2.75, 3.05) is 10.9 Å². The standard InChI is InChI=1S/C11H12BrN5S.C10H10BrN5S.C4H4N2OS/c1-7-5-9(13)17(8(2)10(7)12)15-11(18)16-4-3-14-6-16;1-7-4-9(12)16(5-8(7)11)14-10(17)15-3-2-13-6-15;7-4(8)6-2-1-5-3-6/h3-6,13H,1-2H3,(H,15,18);2-6,12H,1H3,(H,14,17);1-3H,(H,7,8). The van der Waals surface area contributed by atoms with E-state index in [0.29, 0.717) is 21.2 Å². The number of nitrogens with one attached hydrogen (secondary N) is 4. The molecule has 13 nitrogen and oxygen atoms in total. The van der Waals surface area contributed by atoms with Gasteiger partial charge in [-0.3, -0.25) is 40.2 Å². The fourth-order valence-corrected chi connectivity index (χ4v) is 4.34. The van der Waals surface area contributed by atoms with Gasteiger partial charge in [0.25, 0.3) is 5.24 Å². The van der Waals surface area contributed by atoms with Gasteiger partial charge >= 0.3 is 0 Å². The van der Waals surface area contributed by atoms with Crippen molar-refractivity contribution >= 4 is 84.4 Å². The number of aryl methyl sites for hydroxylation is 2. The van der Waals surface area contributed by atoms with Gasteiger partial charge in [0.1, 0.15) is 30.0 Å². The molecule has 0 aliphatic heterocycles. The largest absolute Gasteiger partial charge is 0.287 e. The lowest BCUT2D eigenvalue weighted by Crippen LogP contribution is -2.36. The summed E-state index contributed by atoms with van der Waals surface area (Å²) in [6, 6.07) is 3.51. The fraction of sp³-hybridized carbons (Fsp3) is 0.120. The van der Waals surface area contributed by atoms with Gasteiger partial charge in [-0.1, -0.05) is 12.6 Å². The van der Waals surface area contributed by atoms with Gasteiger partial charge in [-0.2, -0.15) is 0 Å². The predicted octanol–water partition coefficient (Wildman–Crippen LogP) is 4.31. The highest BCUT2D eigenvalue weighted by molar-refractivity contribution is 9.10. The van der Waals surface area contributed by atoms with Crippen molar-refractivity contribution in [3.05, 3.63) is 111 Å². The van der Waals surface area contributed by atoms with Crippen LogP contribution in [0.4, 0.5) is 4.79 Å². The minimum absolute atomic E-state index is 0.317. The van der Waals surface area contributed by atoms with E-state index in [-0.39, 0.29) is 5.24 Å². The molecule has 0 aliphatic carbocycles. The molecule has 0 radical (unpaired) electrons. The van der Waals surface area contributed by atoms with Crippen LogP contribution in [0.15, 0.2) is 83.4 Å². The van der Waals surface area contributed by atoms with Crippen molar-refractivity contribution in [2.45, 2.75) is 20.8 Å². The molecule has 0 saturated carbocycles. The Balaban J connectivity index is 0.000000189. The van der Waals surface area contributed by atoms with Gasteiger partial charge in [0.05, 0.1) is 5.69 Å². The van der Waals surface area contributed by atoms with Gasteiger partial charge in [0, 0.05) is 52.3 Å². The molecule has 0 spiro atoms. The van der Waals surface area contributed by atoms with Crippen molar-refractivity contribution < 1.29 is 4.79 Å². The van der Waals surface area contributed by atoms with E-state index >= 15 is 0 Å². The summed E-state index contributed by atoms with van der Waals surface area (Å²) >= 11 is 20.9. The van der Waals surface area contributed by atoms with Crippen molar-refractivity contribution in [1.82, 2.24) is 38.0 Å². The molecule has 18 heteroatoms. The Kier molecular flexibility index (Phi) is 12.3. The summed E-state index contributed by atoms with van der Waals surface area (Å²) in [6.07, 6.45) is 16.2. The van der Waals surface area contributed by atoms with Crippen LogP contribution in [0.25, 0.3) is 0 Å². The number of pyridine rings is 2. The minimum atomic E-state index is -0.317. The topological polar surface area (TPSA) is 152 Å². The first-order valence-electron chi connectivity index (χ1n) is 12.1. The van der Waals surface area contributed by atoms with Crippen LogP contribution in [0.1, 0.15) is 16.8 Å². The third-order valence-electron chi connectivity index (χ3n) is 5.45. The van der Waals surface area contributed by atoms with Gasteiger partial charge < -0.3 is 0 Å². The van der Waals surface area contributed by atoms with Gasteiger partial charge in [-0.05, 0) is 100 Å². The minimum Gasteiger partial charge on any atom is -0.283 e. The maximum Gasteiger partial charge on any atom is 0.287 e. The summed E-state index contributed by atoms with van der Waals surface area (Å²) < 4.78 is 9.65. The predicted molar refractivity (Wildman–Crippen MR) is 181 cm³/mol. The zero-order valence-corrected chi connectivity index (χ0v) is 28.6. The molecule has 0 bridgehead atoms. The molecular weight excluding hydrogens is 740 g/mol. The zero-order valence-electron chi connectivity index (χ0n) is 22.9. The highest BCUT2D eigenvalue weighted by Crippen LogP contribution is 2.17. The monoisotopic (exact) mass is 764 g/mol. The first-order chi connectivity index (χ1) is 20.4. The molecule has 0 atom stereocenters. The van der Waals surface area contributed by atoms with Crippen LogP contribution in [0.5, 0.6) is 0 Å². The summed E-state index contributed by atoms with van der Waals surface area (Å²) in [5, 5.41) is 16.4. The molecule has 0 aromatic carbocycles. The summed E-state index contributed by atoms with van der Waals surface area (Å²) in [7, 11) is 0. The van der Waals surface area contributed by atoms with Crippen LogP contribution < -0.4 is 21.8 Å². The van der Waals surface area contributed by atoms with E-state index in [9.17, 15) is 4.79 Å². The zero-order chi connectivity index (χ0) is 31.7. The number of carbonyl (C=O) groups excluding carboxylic acids is 1. The molecular formula is C25H26Br2N12OS3. The Morgan fingerprint density at radius 3 is 1.77 bits per heavy atom. The van der Waals surface area contributed by atoms with Crippen molar-refractivity contribution in [1.29, 1.82) is 10.8 Å². The summed E-state index contributed by atoms with van der Waals surface area (Å²) in [5.74, 6) is 0. The molecule has 224 valence electrons. The van der Waals surface area contributed by atoms with E-state index in [0.717, 1.165) is 25.8 Å². The molecule has 5 aromatic heterocycles. The molecule has 0 amide bonds. The smallest absolute Gasteiger partial charge is 0.283 e. The second kappa shape index (κ2) is 15.7. The lowest BCUT2D eigenvalue weighted by molar-refractivity contribution is 0.262. The number of nitrogens with zero attached hydrogens (tertiary/aromatic N) is 8. The van der Waals surface area contributed by atoms with Crippen LogP contribution in [0.2, 0.25) is 0 Å². The van der Waals surface area contributed by atoms with Crippen molar-refractivity contribution in [3.8, 4) is 0 Å². The molecule has 0 saturated heterocycles. The number of thiocarbonyl (C=S) groups is 2. The Morgan fingerprint density at radius 1 is 0.814 bits per heavy atom. The van der Waals surface area contributed by atoms with Crippen LogP contribution in [-0.4, -0.2) is 53.5 Å². The third kappa shape index (κ3) is 9.39. The van der Waals surface area contributed by atoms with Crippen molar-refractivity contribution in [3.63, 3.8) is 0 Å². The number of rotatable bonds is 2. The second-order valence-corrected chi connectivity index (χ2v) is 11.3. The summed E-state index contributed by atoms with van der Waals surface area (Å²) in [6.45, 7) is 5.80. The Bertz CT molecular complexity index is 1830. The van der Waals surface area contributed by atoms with Crippen LogP contribution in [0.3, 0.4) is 0 Å². The first kappa shape index (κ1) is 33.8. The van der Waals surface area contributed by atoms with Crippen LogP contribution in [0, 0.1) is 31.6 Å². The van der Waals surface area contributed by atoms with Crippen LogP contribution in [-0.2, 0) is 0 Å². The molecule has 0 fully saturated rings. The normalized spacial score (nSPS) is 10.1.